The van der Waals surface area contributed by atoms with Gasteiger partial charge in [-0.3, -0.25) is 4.79 Å². The van der Waals surface area contributed by atoms with Gasteiger partial charge in [0.2, 0.25) is 0 Å². The third-order valence-corrected chi connectivity index (χ3v) is 2.87. The lowest BCUT2D eigenvalue weighted by Gasteiger charge is -2.10. The Morgan fingerprint density at radius 2 is 2.24 bits per heavy atom. The molecule has 0 aliphatic heterocycles. The van der Waals surface area contributed by atoms with E-state index in [2.05, 4.69) is 15.9 Å². The van der Waals surface area contributed by atoms with Gasteiger partial charge in [-0.2, -0.15) is 0 Å². The zero-order valence-corrected chi connectivity index (χ0v) is 11.3. The topological polar surface area (TPSA) is 35.5 Å². The van der Waals surface area contributed by atoms with E-state index in [1.807, 2.05) is 0 Å². The molecule has 0 saturated carbocycles. The van der Waals surface area contributed by atoms with Crippen LogP contribution in [0.3, 0.4) is 0 Å². The van der Waals surface area contributed by atoms with Crippen molar-refractivity contribution in [2.45, 2.75) is 18.2 Å². The van der Waals surface area contributed by atoms with Crippen LogP contribution in [-0.2, 0) is 16.0 Å². The molecule has 0 fully saturated rings. The first kappa shape index (κ1) is 14.0. The van der Waals surface area contributed by atoms with Gasteiger partial charge in [0.25, 0.3) is 0 Å². The molecule has 0 amide bonds. The number of rotatable bonds is 5. The summed E-state index contributed by atoms with van der Waals surface area (Å²) in [6, 6.07) is 4.61. The molecule has 94 valence electrons. The Bertz CT molecular complexity index is 395. The fourth-order valence-corrected chi connectivity index (χ4v) is 1.87. The number of alkyl halides is 1. The molecule has 1 atom stereocenters. The van der Waals surface area contributed by atoms with Gasteiger partial charge < -0.3 is 9.47 Å². The quantitative estimate of drug-likeness (QED) is 0.620. The molecule has 0 aromatic heterocycles. The summed E-state index contributed by atoms with van der Waals surface area (Å²) in [7, 11) is 1.41. The Labute approximate surface area is 108 Å². The molecule has 1 aromatic rings. The molecule has 0 saturated heterocycles. The number of hydrogen-bond acceptors (Lipinski definition) is 3. The van der Waals surface area contributed by atoms with Crippen LogP contribution in [0.4, 0.5) is 4.39 Å². The zero-order valence-electron chi connectivity index (χ0n) is 9.70. The summed E-state index contributed by atoms with van der Waals surface area (Å²) in [5.74, 6) is -0.590. The molecule has 0 N–H and O–H groups in total. The van der Waals surface area contributed by atoms with Crippen LogP contribution >= 0.6 is 15.9 Å². The maximum Gasteiger partial charge on any atom is 0.320 e. The van der Waals surface area contributed by atoms with Crippen LogP contribution in [0.5, 0.6) is 5.75 Å². The lowest BCUT2D eigenvalue weighted by atomic mass is 10.1. The molecule has 0 aliphatic rings. The van der Waals surface area contributed by atoms with Crippen molar-refractivity contribution in [1.82, 2.24) is 0 Å². The number of benzene rings is 1. The van der Waals surface area contributed by atoms with Crippen molar-refractivity contribution < 1.29 is 18.7 Å². The zero-order chi connectivity index (χ0) is 12.8. The third kappa shape index (κ3) is 4.00. The maximum atomic E-state index is 13.4. The van der Waals surface area contributed by atoms with E-state index in [1.165, 1.54) is 19.2 Å². The first-order chi connectivity index (χ1) is 8.08. The molecular weight excluding hydrogens is 291 g/mol. The monoisotopic (exact) mass is 304 g/mol. The summed E-state index contributed by atoms with van der Waals surface area (Å²) in [4.78, 5) is 10.9. The third-order valence-electron chi connectivity index (χ3n) is 2.17. The fraction of sp³-hybridized carbons (Fsp3) is 0.417. The van der Waals surface area contributed by atoms with Crippen LogP contribution in [0.1, 0.15) is 12.5 Å². The second-order valence-corrected chi connectivity index (χ2v) is 4.50. The number of halogens is 2. The van der Waals surface area contributed by atoms with E-state index in [9.17, 15) is 9.18 Å². The predicted molar refractivity (Wildman–Crippen MR) is 66.0 cm³/mol. The lowest BCUT2D eigenvalue weighted by Crippen LogP contribution is -2.19. The molecule has 3 nitrogen and oxygen atoms in total. The number of carbonyl (C=O) groups is 1. The highest BCUT2D eigenvalue weighted by Gasteiger charge is 2.17. The van der Waals surface area contributed by atoms with Gasteiger partial charge in [-0.05, 0) is 31.0 Å². The number of esters is 1. The van der Waals surface area contributed by atoms with Gasteiger partial charge in [-0.15, -0.1) is 0 Å². The SMILES string of the molecule is CCOC(=O)C(Br)Cc1ccc(OC)c(F)c1. The molecule has 0 radical (unpaired) electrons. The normalized spacial score (nSPS) is 12.0. The van der Waals surface area contributed by atoms with Gasteiger partial charge in [0.05, 0.1) is 13.7 Å². The Morgan fingerprint density at radius 1 is 1.53 bits per heavy atom. The minimum Gasteiger partial charge on any atom is -0.494 e. The van der Waals surface area contributed by atoms with E-state index in [0.717, 1.165) is 0 Å². The molecule has 1 rings (SSSR count). The van der Waals surface area contributed by atoms with E-state index in [1.54, 1.807) is 13.0 Å². The second kappa shape index (κ2) is 6.59. The summed E-state index contributed by atoms with van der Waals surface area (Å²) >= 11 is 3.21. The fourth-order valence-electron chi connectivity index (χ4n) is 1.36. The van der Waals surface area contributed by atoms with Crippen molar-refractivity contribution in [1.29, 1.82) is 0 Å². The summed E-state index contributed by atoms with van der Waals surface area (Å²) < 4.78 is 23.1. The van der Waals surface area contributed by atoms with Gasteiger partial charge in [0.15, 0.2) is 11.6 Å². The average Bonchev–Trinajstić information content (AvgIpc) is 2.29. The van der Waals surface area contributed by atoms with E-state index >= 15 is 0 Å². The molecule has 17 heavy (non-hydrogen) atoms. The van der Waals surface area contributed by atoms with Crippen LogP contribution in [0.2, 0.25) is 0 Å². The highest BCUT2D eigenvalue weighted by Crippen LogP contribution is 2.20. The van der Waals surface area contributed by atoms with Crippen LogP contribution in [0.25, 0.3) is 0 Å². The summed E-state index contributed by atoms with van der Waals surface area (Å²) in [5, 5.41) is 0. The largest absolute Gasteiger partial charge is 0.494 e. The van der Waals surface area contributed by atoms with Gasteiger partial charge >= 0.3 is 5.97 Å². The standard InChI is InChI=1S/C12H14BrFO3/c1-3-17-12(15)9(13)6-8-4-5-11(16-2)10(14)7-8/h4-5,7,9H,3,6H2,1-2H3. The molecule has 0 bridgehead atoms. The average molecular weight is 305 g/mol. The number of ether oxygens (including phenoxy) is 2. The Morgan fingerprint density at radius 3 is 2.76 bits per heavy atom. The molecule has 1 aromatic carbocycles. The van der Waals surface area contributed by atoms with Crippen LogP contribution < -0.4 is 4.74 Å². The van der Waals surface area contributed by atoms with E-state index in [-0.39, 0.29) is 11.7 Å². The van der Waals surface area contributed by atoms with Gasteiger partial charge in [0.1, 0.15) is 4.83 Å². The number of hydrogen-bond donors (Lipinski definition) is 0. The molecule has 0 spiro atoms. The maximum absolute atomic E-state index is 13.4. The minimum atomic E-state index is -0.463. The predicted octanol–water partition coefficient (Wildman–Crippen LogP) is 2.70. The van der Waals surface area contributed by atoms with Crippen molar-refractivity contribution in [2.24, 2.45) is 0 Å². The number of carbonyl (C=O) groups excluding carboxylic acids is 1. The highest BCUT2D eigenvalue weighted by molar-refractivity contribution is 9.10. The van der Waals surface area contributed by atoms with Crippen LogP contribution in [0.15, 0.2) is 18.2 Å². The van der Waals surface area contributed by atoms with Gasteiger partial charge in [-0.1, -0.05) is 22.0 Å². The first-order valence-electron chi connectivity index (χ1n) is 5.21. The van der Waals surface area contributed by atoms with Crippen molar-refractivity contribution in [2.75, 3.05) is 13.7 Å². The van der Waals surface area contributed by atoms with Crippen molar-refractivity contribution in [3.05, 3.63) is 29.6 Å². The Hall–Kier alpha value is -1.10. The van der Waals surface area contributed by atoms with Crippen molar-refractivity contribution in [3.8, 4) is 5.75 Å². The van der Waals surface area contributed by atoms with Crippen molar-refractivity contribution >= 4 is 21.9 Å². The van der Waals surface area contributed by atoms with Crippen LogP contribution in [-0.4, -0.2) is 24.5 Å². The smallest absolute Gasteiger partial charge is 0.320 e. The highest BCUT2D eigenvalue weighted by atomic mass is 79.9. The van der Waals surface area contributed by atoms with Gasteiger partial charge in [0, 0.05) is 0 Å². The van der Waals surface area contributed by atoms with E-state index in [0.29, 0.717) is 18.6 Å². The van der Waals surface area contributed by atoms with Gasteiger partial charge in [-0.25, -0.2) is 4.39 Å². The molecule has 0 heterocycles. The summed E-state index contributed by atoms with van der Waals surface area (Å²) in [6.45, 7) is 2.07. The molecule has 1 unspecified atom stereocenters. The lowest BCUT2D eigenvalue weighted by molar-refractivity contribution is -0.142. The summed E-state index contributed by atoms with van der Waals surface area (Å²) in [6.07, 6.45) is 0.375. The van der Waals surface area contributed by atoms with Crippen LogP contribution in [0, 0.1) is 5.82 Å². The van der Waals surface area contributed by atoms with E-state index < -0.39 is 10.6 Å². The molecular formula is C12H14BrFO3. The van der Waals surface area contributed by atoms with Crippen molar-refractivity contribution in [3.63, 3.8) is 0 Å². The minimum absolute atomic E-state index is 0.191. The Kier molecular flexibility index (Phi) is 5.41. The summed E-state index contributed by atoms with van der Waals surface area (Å²) in [5.41, 5.74) is 0.707. The van der Waals surface area contributed by atoms with E-state index in [4.69, 9.17) is 9.47 Å². The molecule has 5 heteroatoms. The molecule has 0 aliphatic carbocycles. The first-order valence-corrected chi connectivity index (χ1v) is 6.13. The Balaban J connectivity index is 2.68. The second-order valence-electron chi connectivity index (χ2n) is 3.39. The number of methoxy groups -OCH3 is 1.